The third-order valence-electron chi connectivity index (χ3n) is 5.51. The summed E-state index contributed by atoms with van der Waals surface area (Å²) in [5.74, 6) is -0.871. The fourth-order valence-electron chi connectivity index (χ4n) is 3.72. The first kappa shape index (κ1) is 27.9. The molecule has 0 aliphatic rings. The van der Waals surface area contributed by atoms with Crippen LogP contribution in [0.2, 0.25) is 15.1 Å². The number of ether oxygens (including phenoxy) is 1. The summed E-state index contributed by atoms with van der Waals surface area (Å²) in [6.07, 6.45) is -9.62. The predicted octanol–water partition coefficient (Wildman–Crippen LogP) is 9.04. The van der Waals surface area contributed by atoms with Crippen LogP contribution in [0.3, 0.4) is 0 Å². The molecule has 4 aromatic rings. The summed E-state index contributed by atoms with van der Waals surface area (Å²) >= 11 is 18.1. The van der Waals surface area contributed by atoms with Crippen LogP contribution in [0.4, 0.5) is 26.3 Å². The summed E-state index contributed by atoms with van der Waals surface area (Å²) in [7, 11) is 1.21. The smallest absolute Gasteiger partial charge is 0.435 e. The van der Waals surface area contributed by atoms with E-state index in [1.807, 2.05) is 0 Å². The number of benzene rings is 3. The van der Waals surface area contributed by atoms with Crippen LogP contribution >= 0.6 is 34.8 Å². The first-order chi connectivity index (χ1) is 17.7. The quantitative estimate of drug-likeness (QED) is 0.234. The van der Waals surface area contributed by atoms with Crippen molar-refractivity contribution in [3.63, 3.8) is 0 Å². The standard InChI is InChI=1S/C25H15Cl3F6N2O2/c1-36-19(10-20(35-36)25(32,33)34)15-9-18(28)23(38-11-12-2-5-14(26)6-3-12)21(22(15)37)13-4-7-17(27)16(8-13)24(29,30)31/h2-10,37H,11H2,1H3. The molecule has 0 aliphatic carbocycles. The van der Waals surface area contributed by atoms with E-state index in [4.69, 9.17) is 39.5 Å². The van der Waals surface area contributed by atoms with E-state index >= 15 is 0 Å². The van der Waals surface area contributed by atoms with E-state index in [9.17, 15) is 31.4 Å². The highest BCUT2D eigenvalue weighted by Crippen LogP contribution is 2.50. The average Bonchev–Trinajstić information content (AvgIpc) is 3.22. The molecule has 38 heavy (non-hydrogen) atoms. The van der Waals surface area contributed by atoms with Gasteiger partial charge in [-0.2, -0.15) is 31.4 Å². The van der Waals surface area contributed by atoms with Crippen LogP contribution < -0.4 is 4.74 Å². The Hall–Kier alpha value is -3.08. The van der Waals surface area contributed by atoms with Crippen molar-refractivity contribution in [1.29, 1.82) is 0 Å². The Bertz CT molecular complexity index is 1500. The number of aromatic nitrogens is 2. The fraction of sp³-hybridized carbons (Fsp3) is 0.160. The second-order valence-corrected chi connectivity index (χ2v) is 9.35. The maximum absolute atomic E-state index is 13.6. The van der Waals surface area contributed by atoms with Gasteiger partial charge in [-0.3, -0.25) is 4.68 Å². The molecule has 0 amide bonds. The molecule has 4 rings (SSSR count). The highest BCUT2D eigenvalue weighted by Gasteiger charge is 2.36. The molecule has 0 aliphatic heterocycles. The van der Waals surface area contributed by atoms with Crippen molar-refractivity contribution in [1.82, 2.24) is 9.78 Å². The number of phenols is 1. The number of aromatic hydroxyl groups is 1. The van der Waals surface area contributed by atoms with Crippen LogP contribution in [0, 0.1) is 0 Å². The van der Waals surface area contributed by atoms with E-state index in [2.05, 4.69) is 5.10 Å². The Morgan fingerprint density at radius 2 is 1.53 bits per heavy atom. The van der Waals surface area contributed by atoms with Crippen LogP contribution in [0.15, 0.2) is 54.6 Å². The summed E-state index contributed by atoms with van der Waals surface area (Å²) in [6.45, 7) is -0.119. The molecular formula is C25H15Cl3F6N2O2. The summed E-state index contributed by atoms with van der Waals surface area (Å²) < 4.78 is 87.3. The number of halogens is 9. The molecule has 1 aromatic heterocycles. The van der Waals surface area contributed by atoms with Gasteiger partial charge in [-0.1, -0.05) is 53.0 Å². The maximum Gasteiger partial charge on any atom is 0.435 e. The van der Waals surface area contributed by atoms with Gasteiger partial charge >= 0.3 is 12.4 Å². The normalized spacial score (nSPS) is 12.2. The van der Waals surface area contributed by atoms with Crippen LogP contribution in [0.1, 0.15) is 16.8 Å². The lowest BCUT2D eigenvalue weighted by Crippen LogP contribution is -2.06. The van der Waals surface area contributed by atoms with Crippen LogP contribution in [0.5, 0.6) is 11.5 Å². The van der Waals surface area contributed by atoms with Crippen LogP contribution in [-0.2, 0) is 26.0 Å². The largest absolute Gasteiger partial charge is 0.506 e. The van der Waals surface area contributed by atoms with Gasteiger partial charge in [-0.25, -0.2) is 0 Å². The molecule has 200 valence electrons. The molecule has 4 nitrogen and oxygen atoms in total. The number of hydrogen-bond donors (Lipinski definition) is 1. The predicted molar refractivity (Wildman–Crippen MR) is 132 cm³/mol. The molecule has 0 saturated carbocycles. The first-order valence-corrected chi connectivity index (χ1v) is 11.7. The number of hydrogen-bond acceptors (Lipinski definition) is 3. The molecule has 0 spiro atoms. The Kier molecular flexibility index (Phi) is 7.53. The Morgan fingerprint density at radius 1 is 0.868 bits per heavy atom. The van der Waals surface area contributed by atoms with Gasteiger partial charge in [-0.15, -0.1) is 0 Å². The van der Waals surface area contributed by atoms with Crippen molar-refractivity contribution in [3.8, 4) is 33.9 Å². The minimum absolute atomic E-state index is 0.119. The zero-order valence-electron chi connectivity index (χ0n) is 19.1. The number of aryl methyl sites for hydroxylation is 1. The average molecular weight is 596 g/mol. The van der Waals surface area contributed by atoms with Gasteiger partial charge in [0.25, 0.3) is 0 Å². The Morgan fingerprint density at radius 3 is 2.11 bits per heavy atom. The zero-order chi connectivity index (χ0) is 28.0. The SMILES string of the molecule is Cn1nc(C(F)(F)F)cc1-c1cc(Cl)c(OCc2ccc(Cl)cc2)c(-c2ccc(Cl)c(C(F)(F)F)c2)c1O. The molecule has 0 unspecified atom stereocenters. The van der Waals surface area contributed by atoms with Crippen molar-refractivity contribution in [2.45, 2.75) is 19.0 Å². The van der Waals surface area contributed by atoms with Crippen molar-refractivity contribution >= 4 is 34.8 Å². The molecule has 13 heteroatoms. The van der Waals surface area contributed by atoms with Crippen molar-refractivity contribution in [2.75, 3.05) is 0 Å². The monoisotopic (exact) mass is 594 g/mol. The zero-order valence-corrected chi connectivity index (χ0v) is 21.3. The molecule has 0 bridgehead atoms. The summed E-state index contributed by atoms with van der Waals surface area (Å²) in [5.41, 5.74) is -2.67. The summed E-state index contributed by atoms with van der Waals surface area (Å²) in [6, 6.07) is 11.2. The molecule has 1 heterocycles. The number of rotatable bonds is 5. The number of alkyl halides is 6. The highest BCUT2D eigenvalue weighted by molar-refractivity contribution is 6.33. The third kappa shape index (κ3) is 5.67. The summed E-state index contributed by atoms with van der Waals surface area (Å²) in [5, 5.41) is 14.4. The van der Waals surface area contributed by atoms with Crippen LogP contribution in [0.25, 0.3) is 22.4 Å². The molecule has 0 radical (unpaired) electrons. The van der Waals surface area contributed by atoms with Gasteiger partial charge in [0.2, 0.25) is 0 Å². The van der Waals surface area contributed by atoms with Gasteiger partial charge in [-0.05, 0) is 47.5 Å². The van der Waals surface area contributed by atoms with Gasteiger partial charge in [0, 0.05) is 17.6 Å². The van der Waals surface area contributed by atoms with Gasteiger partial charge < -0.3 is 9.84 Å². The van der Waals surface area contributed by atoms with Crippen molar-refractivity contribution in [3.05, 3.63) is 86.5 Å². The Labute approximate surface area is 226 Å². The lowest BCUT2D eigenvalue weighted by molar-refractivity contribution is -0.141. The van der Waals surface area contributed by atoms with Crippen molar-refractivity contribution in [2.24, 2.45) is 7.05 Å². The van der Waals surface area contributed by atoms with E-state index in [-0.39, 0.29) is 39.8 Å². The van der Waals surface area contributed by atoms with Gasteiger partial charge in [0.05, 0.1) is 26.9 Å². The fourth-order valence-corrected chi connectivity index (χ4v) is 4.33. The number of nitrogens with zero attached hydrogens (tertiary/aromatic N) is 2. The second-order valence-electron chi connectivity index (χ2n) is 8.10. The lowest BCUT2D eigenvalue weighted by Gasteiger charge is -2.19. The highest BCUT2D eigenvalue weighted by atomic mass is 35.5. The Balaban J connectivity index is 1.93. The second kappa shape index (κ2) is 10.2. The van der Waals surface area contributed by atoms with E-state index in [1.54, 1.807) is 24.3 Å². The summed E-state index contributed by atoms with van der Waals surface area (Å²) in [4.78, 5) is 0. The molecule has 0 saturated heterocycles. The van der Waals surface area contributed by atoms with E-state index in [0.29, 0.717) is 22.7 Å². The van der Waals surface area contributed by atoms with Gasteiger partial charge in [0.1, 0.15) is 18.1 Å². The first-order valence-electron chi connectivity index (χ1n) is 10.6. The minimum atomic E-state index is -4.84. The van der Waals surface area contributed by atoms with Crippen molar-refractivity contribution < 1.29 is 36.2 Å². The molecule has 1 N–H and O–H groups in total. The van der Waals surface area contributed by atoms with E-state index in [0.717, 1.165) is 16.8 Å². The topological polar surface area (TPSA) is 47.3 Å². The molecular weight excluding hydrogens is 581 g/mol. The lowest BCUT2D eigenvalue weighted by atomic mass is 9.96. The minimum Gasteiger partial charge on any atom is -0.506 e. The van der Waals surface area contributed by atoms with Gasteiger partial charge in [0.15, 0.2) is 5.69 Å². The maximum atomic E-state index is 13.6. The van der Waals surface area contributed by atoms with E-state index in [1.165, 1.54) is 13.1 Å². The molecule has 0 fully saturated rings. The third-order valence-corrected chi connectivity index (χ3v) is 6.37. The molecule has 3 aromatic carbocycles. The molecule has 0 atom stereocenters. The number of phenolic OH excluding ortho intramolecular Hbond substituents is 1. The van der Waals surface area contributed by atoms with Crippen LogP contribution in [-0.4, -0.2) is 14.9 Å². The van der Waals surface area contributed by atoms with E-state index < -0.39 is 34.4 Å².